The maximum absolute atomic E-state index is 10.6. The van der Waals surface area contributed by atoms with Crippen molar-refractivity contribution in [3.8, 4) is 11.5 Å². The molecule has 1 rings (SSSR count). The smallest absolute Gasteiger partial charge is 0.328 e. The van der Waals surface area contributed by atoms with Gasteiger partial charge in [0.25, 0.3) is 0 Å². The second-order valence-corrected chi connectivity index (χ2v) is 3.06. The number of hydrogen-bond donors (Lipinski definition) is 3. The molecule has 0 amide bonds. The van der Waals surface area contributed by atoms with Crippen molar-refractivity contribution in [3.05, 3.63) is 23.8 Å². The van der Waals surface area contributed by atoms with Crippen molar-refractivity contribution in [2.45, 2.75) is 12.5 Å². The molecule has 5 nitrogen and oxygen atoms in total. The zero-order valence-electron chi connectivity index (χ0n) is 7.92. The molecule has 3 N–H and O–H groups in total. The molecule has 0 unspecified atom stereocenters. The molecule has 0 aliphatic rings. The molecule has 0 spiro atoms. The average Bonchev–Trinajstić information content (AvgIpc) is 2.19. The zero-order valence-corrected chi connectivity index (χ0v) is 7.92. The van der Waals surface area contributed by atoms with Crippen molar-refractivity contribution < 1.29 is 20.1 Å². The monoisotopic (exact) mass is 209 g/mol. The van der Waals surface area contributed by atoms with Crippen molar-refractivity contribution in [1.29, 1.82) is 0 Å². The largest absolute Gasteiger partial charge is 0.504 e. The number of aromatic hydroxyl groups is 2. The standard InChI is InChI=1S/C10H11NO4/c1-11-7(10(14)15)4-6-2-3-8(12)9(13)5-6/h2-3,5,7,12-13H,1,4H2,(H,14,15)/t7-/m0/s1. The Morgan fingerprint density at radius 1 is 1.40 bits per heavy atom. The van der Waals surface area contributed by atoms with Crippen LogP contribution in [0.4, 0.5) is 0 Å². The second-order valence-electron chi connectivity index (χ2n) is 3.06. The minimum absolute atomic E-state index is 0.132. The summed E-state index contributed by atoms with van der Waals surface area (Å²) in [5.74, 6) is -1.59. The van der Waals surface area contributed by atoms with Crippen LogP contribution in [-0.2, 0) is 11.2 Å². The summed E-state index contributed by atoms with van der Waals surface area (Å²) in [6, 6.07) is 3.19. The SMILES string of the molecule is C=N[C@@H](Cc1ccc(O)c(O)c1)C(=O)O. The molecule has 0 aliphatic carbocycles. The van der Waals surface area contributed by atoms with Crippen molar-refractivity contribution in [2.24, 2.45) is 4.99 Å². The van der Waals surface area contributed by atoms with Gasteiger partial charge in [0.2, 0.25) is 0 Å². The summed E-state index contributed by atoms with van der Waals surface area (Å²) in [5, 5.41) is 26.9. The van der Waals surface area contributed by atoms with Crippen molar-refractivity contribution >= 4 is 12.7 Å². The van der Waals surface area contributed by atoms with Crippen LogP contribution >= 0.6 is 0 Å². The van der Waals surface area contributed by atoms with Gasteiger partial charge in [0.15, 0.2) is 17.5 Å². The fourth-order valence-corrected chi connectivity index (χ4v) is 1.15. The van der Waals surface area contributed by atoms with E-state index in [9.17, 15) is 9.90 Å². The maximum atomic E-state index is 10.6. The van der Waals surface area contributed by atoms with Crippen LogP contribution in [0.1, 0.15) is 5.56 Å². The molecular formula is C10H11NO4. The van der Waals surface area contributed by atoms with Crippen LogP contribution in [0.2, 0.25) is 0 Å². The Kier molecular flexibility index (Phi) is 3.28. The number of aliphatic carboxylic acids is 1. The molecule has 0 aliphatic heterocycles. The van der Waals surface area contributed by atoms with Gasteiger partial charge < -0.3 is 15.3 Å². The molecule has 1 aromatic carbocycles. The van der Waals surface area contributed by atoms with Gasteiger partial charge in [-0.2, -0.15) is 0 Å². The van der Waals surface area contributed by atoms with Gasteiger partial charge in [-0.25, -0.2) is 4.79 Å². The lowest BCUT2D eigenvalue weighted by molar-refractivity contribution is -0.138. The van der Waals surface area contributed by atoms with Crippen LogP contribution in [0.25, 0.3) is 0 Å². The van der Waals surface area contributed by atoms with E-state index >= 15 is 0 Å². The Hall–Kier alpha value is -2.04. The van der Waals surface area contributed by atoms with E-state index in [2.05, 4.69) is 11.7 Å². The van der Waals surface area contributed by atoms with Crippen LogP contribution in [0, 0.1) is 0 Å². The van der Waals surface area contributed by atoms with E-state index in [1.54, 1.807) is 0 Å². The Morgan fingerprint density at radius 3 is 2.53 bits per heavy atom. The molecule has 0 saturated carbocycles. The second kappa shape index (κ2) is 4.45. The van der Waals surface area contributed by atoms with E-state index in [0.717, 1.165) is 0 Å². The zero-order chi connectivity index (χ0) is 11.4. The molecule has 1 atom stereocenters. The molecule has 0 bridgehead atoms. The third-order valence-corrected chi connectivity index (χ3v) is 1.97. The van der Waals surface area contributed by atoms with E-state index in [4.69, 9.17) is 10.2 Å². The number of phenolic OH excluding ortho intramolecular Hbond substituents is 2. The van der Waals surface area contributed by atoms with Crippen LogP contribution in [-0.4, -0.2) is 34.0 Å². The van der Waals surface area contributed by atoms with E-state index in [0.29, 0.717) is 5.56 Å². The normalized spacial score (nSPS) is 12.0. The first-order valence-corrected chi connectivity index (χ1v) is 4.24. The highest BCUT2D eigenvalue weighted by atomic mass is 16.4. The highest BCUT2D eigenvalue weighted by Gasteiger charge is 2.15. The van der Waals surface area contributed by atoms with Crippen molar-refractivity contribution in [1.82, 2.24) is 0 Å². The van der Waals surface area contributed by atoms with E-state index in [-0.39, 0.29) is 17.9 Å². The Bertz CT molecular complexity index is 389. The fraction of sp³-hybridized carbons (Fsp3) is 0.200. The Morgan fingerprint density at radius 2 is 2.07 bits per heavy atom. The number of aliphatic imine (C=N–C) groups is 1. The third-order valence-electron chi connectivity index (χ3n) is 1.97. The molecule has 0 fully saturated rings. The van der Waals surface area contributed by atoms with Crippen LogP contribution < -0.4 is 0 Å². The summed E-state index contributed by atoms with van der Waals surface area (Å²) < 4.78 is 0. The average molecular weight is 209 g/mol. The predicted octanol–water partition coefficient (Wildman–Crippen LogP) is 0.794. The van der Waals surface area contributed by atoms with Gasteiger partial charge >= 0.3 is 5.97 Å². The predicted molar refractivity (Wildman–Crippen MR) is 54.4 cm³/mol. The summed E-state index contributed by atoms with van der Waals surface area (Å²) in [4.78, 5) is 14.1. The molecule has 0 heterocycles. The molecule has 1 aromatic rings. The first kappa shape index (κ1) is 11.0. The van der Waals surface area contributed by atoms with E-state index in [1.165, 1.54) is 18.2 Å². The van der Waals surface area contributed by atoms with Gasteiger partial charge in [-0.05, 0) is 24.4 Å². The molecular weight excluding hydrogens is 198 g/mol. The number of phenols is 2. The summed E-state index contributed by atoms with van der Waals surface area (Å²) in [5.41, 5.74) is 0.574. The lowest BCUT2D eigenvalue weighted by Gasteiger charge is -2.07. The van der Waals surface area contributed by atoms with Gasteiger partial charge in [0.1, 0.15) is 0 Å². The number of carboxylic acid groups (broad SMARTS) is 1. The number of hydrogen-bond acceptors (Lipinski definition) is 4. The number of nitrogens with zero attached hydrogens (tertiary/aromatic N) is 1. The van der Waals surface area contributed by atoms with Gasteiger partial charge in [0.05, 0.1) is 0 Å². The quantitative estimate of drug-likeness (QED) is 0.505. The van der Waals surface area contributed by atoms with Gasteiger partial charge in [-0.1, -0.05) is 6.07 Å². The highest BCUT2D eigenvalue weighted by Crippen LogP contribution is 2.25. The van der Waals surface area contributed by atoms with Gasteiger partial charge in [-0.3, -0.25) is 4.99 Å². The van der Waals surface area contributed by atoms with Gasteiger partial charge in [-0.15, -0.1) is 0 Å². The molecule has 0 aromatic heterocycles. The minimum Gasteiger partial charge on any atom is -0.504 e. The summed E-state index contributed by atoms with van der Waals surface area (Å²) in [6.07, 6.45) is 0.132. The summed E-state index contributed by atoms with van der Waals surface area (Å²) in [7, 11) is 0. The number of carboxylic acids is 1. The third kappa shape index (κ3) is 2.70. The van der Waals surface area contributed by atoms with Crippen molar-refractivity contribution in [2.75, 3.05) is 0 Å². The molecule has 0 radical (unpaired) electrons. The van der Waals surface area contributed by atoms with Crippen molar-refractivity contribution in [3.63, 3.8) is 0 Å². The lowest BCUT2D eigenvalue weighted by Crippen LogP contribution is -2.20. The lowest BCUT2D eigenvalue weighted by atomic mass is 10.1. The molecule has 80 valence electrons. The first-order chi connectivity index (χ1) is 7.04. The molecule has 15 heavy (non-hydrogen) atoms. The highest BCUT2D eigenvalue weighted by molar-refractivity contribution is 5.75. The first-order valence-electron chi connectivity index (χ1n) is 4.24. The molecule has 0 saturated heterocycles. The Balaban J connectivity index is 2.84. The van der Waals surface area contributed by atoms with E-state index in [1.807, 2.05) is 0 Å². The minimum atomic E-state index is -1.07. The van der Waals surface area contributed by atoms with Gasteiger partial charge in [0, 0.05) is 6.42 Å². The number of benzene rings is 1. The van der Waals surface area contributed by atoms with Crippen LogP contribution in [0.5, 0.6) is 11.5 Å². The molecule has 5 heteroatoms. The summed E-state index contributed by atoms with van der Waals surface area (Å²) in [6.45, 7) is 3.18. The maximum Gasteiger partial charge on any atom is 0.328 e. The van der Waals surface area contributed by atoms with E-state index < -0.39 is 12.0 Å². The topological polar surface area (TPSA) is 90.1 Å². The number of rotatable bonds is 4. The fourth-order valence-electron chi connectivity index (χ4n) is 1.15. The van der Waals surface area contributed by atoms with Crippen LogP contribution in [0.3, 0.4) is 0 Å². The van der Waals surface area contributed by atoms with Crippen LogP contribution in [0.15, 0.2) is 23.2 Å². The Labute approximate surface area is 86.3 Å². The number of carbonyl (C=O) groups is 1. The summed E-state index contributed by atoms with van der Waals surface area (Å²) >= 11 is 0.